The van der Waals surface area contributed by atoms with Crippen LogP contribution in [0.2, 0.25) is 0 Å². The largest absolute Gasteiger partial charge is 0.355 e. The third-order valence-electron chi connectivity index (χ3n) is 3.14. The topological polar surface area (TPSA) is 38.0 Å². The minimum Gasteiger partial charge on any atom is -0.355 e. The zero-order valence-electron chi connectivity index (χ0n) is 11.3. The molecule has 3 heteroatoms. The van der Waals surface area contributed by atoms with Crippen LogP contribution < -0.4 is 11.1 Å². The van der Waals surface area contributed by atoms with Gasteiger partial charge in [0.1, 0.15) is 5.82 Å². The molecule has 100 valence electrons. The van der Waals surface area contributed by atoms with Gasteiger partial charge in [0.05, 0.1) is 0 Å². The van der Waals surface area contributed by atoms with E-state index in [0.717, 1.165) is 16.9 Å². The first-order chi connectivity index (χ1) is 9.11. The molecule has 0 amide bonds. The lowest BCUT2D eigenvalue weighted by Crippen LogP contribution is -2.04. The van der Waals surface area contributed by atoms with E-state index in [-0.39, 0.29) is 5.82 Å². The number of halogens is 1. The maximum absolute atomic E-state index is 13.2. The quantitative estimate of drug-likeness (QED) is 0.864. The highest BCUT2D eigenvalue weighted by molar-refractivity contribution is 5.66. The molecule has 0 aliphatic carbocycles. The molecule has 0 heterocycles. The molecule has 0 spiro atoms. The Hall–Kier alpha value is -1.87. The van der Waals surface area contributed by atoms with Crippen LogP contribution in [0.25, 0.3) is 0 Å². The second-order valence-corrected chi connectivity index (χ2v) is 4.87. The monoisotopic (exact) mass is 258 g/mol. The average molecular weight is 258 g/mol. The lowest BCUT2D eigenvalue weighted by Gasteiger charge is -2.16. The Morgan fingerprint density at radius 3 is 2.53 bits per heavy atom. The highest BCUT2D eigenvalue weighted by atomic mass is 19.1. The Labute approximate surface area is 113 Å². The molecule has 0 atom stereocenters. The number of hydrogen-bond acceptors (Lipinski definition) is 2. The molecule has 0 fully saturated rings. The molecule has 2 aromatic rings. The van der Waals surface area contributed by atoms with E-state index in [2.05, 4.69) is 25.2 Å². The van der Waals surface area contributed by atoms with Crippen molar-refractivity contribution in [1.82, 2.24) is 0 Å². The Morgan fingerprint density at radius 1 is 1.11 bits per heavy atom. The summed E-state index contributed by atoms with van der Waals surface area (Å²) in [5.74, 6) is 0.161. The van der Waals surface area contributed by atoms with Crippen molar-refractivity contribution in [3.63, 3.8) is 0 Å². The highest BCUT2D eigenvalue weighted by Crippen LogP contribution is 2.28. The number of benzene rings is 2. The fourth-order valence-corrected chi connectivity index (χ4v) is 2.11. The van der Waals surface area contributed by atoms with Gasteiger partial charge in [-0.3, -0.25) is 0 Å². The molecule has 2 aromatic carbocycles. The zero-order valence-corrected chi connectivity index (χ0v) is 11.3. The van der Waals surface area contributed by atoms with Gasteiger partial charge >= 0.3 is 0 Å². The van der Waals surface area contributed by atoms with Crippen LogP contribution in [0.4, 0.5) is 15.8 Å². The van der Waals surface area contributed by atoms with Gasteiger partial charge in [-0.1, -0.05) is 32.0 Å². The van der Waals surface area contributed by atoms with Gasteiger partial charge in [-0.25, -0.2) is 4.39 Å². The van der Waals surface area contributed by atoms with Gasteiger partial charge in [0.15, 0.2) is 0 Å². The molecule has 0 aliphatic rings. The summed E-state index contributed by atoms with van der Waals surface area (Å²) < 4.78 is 13.2. The van der Waals surface area contributed by atoms with Gasteiger partial charge in [0, 0.05) is 17.9 Å². The fourth-order valence-electron chi connectivity index (χ4n) is 2.11. The van der Waals surface area contributed by atoms with Crippen LogP contribution in [-0.4, -0.2) is 0 Å². The van der Waals surface area contributed by atoms with Gasteiger partial charge in [0.25, 0.3) is 0 Å². The van der Waals surface area contributed by atoms with Crippen molar-refractivity contribution in [1.29, 1.82) is 0 Å². The molecule has 0 saturated heterocycles. The molecule has 0 radical (unpaired) electrons. The van der Waals surface area contributed by atoms with E-state index in [1.807, 2.05) is 18.2 Å². The van der Waals surface area contributed by atoms with Crippen LogP contribution in [0.5, 0.6) is 0 Å². The number of rotatable bonds is 4. The Bertz CT molecular complexity index is 564. The first-order valence-corrected chi connectivity index (χ1v) is 6.46. The second-order valence-electron chi connectivity index (χ2n) is 4.87. The van der Waals surface area contributed by atoms with Crippen molar-refractivity contribution in [3.8, 4) is 0 Å². The summed E-state index contributed by atoms with van der Waals surface area (Å²) in [6.45, 7) is 4.61. The van der Waals surface area contributed by atoms with Crippen molar-refractivity contribution in [2.24, 2.45) is 5.73 Å². The van der Waals surface area contributed by atoms with Gasteiger partial charge in [-0.2, -0.15) is 0 Å². The number of hydrogen-bond donors (Lipinski definition) is 2. The van der Waals surface area contributed by atoms with E-state index in [0.29, 0.717) is 12.5 Å². The normalized spacial score (nSPS) is 10.8. The van der Waals surface area contributed by atoms with Crippen molar-refractivity contribution >= 4 is 11.4 Å². The van der Waals surface area contributed by atoms with Crippen molar-refractivity contribution in [3.05, 3.63) is 59.4 Å². The molecule has 0 aromatic heterocycles. The SMILES string of the molecule is CC(C)c1ccccc1Nc1ccc(F)cc1CN. The zero-order chi connectivity index (χ0) is 13.8. The summed E-state index contributed by atoms with van der Waals surface area (Å²) in [5.41, 5.74) is 9.57. The number of anilines is 2. The molecule has 0 bridgehead atoms. The molecule has 19 heavy (non-hydrogen) atoms. The molecule has 0 saturated carbocycles. The van der Waals surface area contributed by atoms with Crippen molar-refractivity contribution in [2.75, 3.05) is 5.32 Å². The van der Waals surface area contributed by atoms with E-state index in [1.165, 1.54) is 17.7 Å². The van der Waals surface area contributed by atoms with Gasteiger partial charge < -0.3 is 11.1 Å². The second kappa shape index (κ2) is 5.85. The van der Waals surface area contributed by atoms with E-state index in [4.69, 9.17) is 5.73 Å². The predicted molar refractivity (Wildman–Crippen MR) is 78.1 cm³/mol. The summed E-state index contributed by atoms with van der Waals surface area (Å²) in [6, 6.07) is 12.8. The minimum absolute atomic E-state index is 0.261. The summed E-state index contributed by atoms with van der Waals surface area (Å²) in [5, 5.41) is 3.35. The van der Waals surface area contributed by atoms with E-state index >= 15 is 0 Å². The third-order valence-corrected chi connectivity index (χ3v) is 3.14. The molecule has 0 unspecified atom stereocenters. The first kappa shape index (κ1) is 13.6. The predicted octanol–water partition coefficient (Wildman–Crippen LogP) is 4.15. The van der Waals surface area contributed by atoms with Crippen molar-refractivity contribution in [2.45, 2.75) is 26.3 Å². The van der Waals surface area contributed by atoms with Crippen LogP contribution in [0.1, 0.15) is 30.9 Å². The minimum atomic E-state index is -0.261. The molecule has 2 nitrogen and oxygen atoms in total. The van der Waals surface area contributed by atoms with Crippen LogP contribution in [-0.2, 0) is 6.54 Å². The van der Waals surface area contributed by atoms with Crippen LogP contribution in [0.15, 0.2) is 42.5 Å². The Balaban J connectivity index is 2.36. The van der Waals surface area contributed by atoms with Crippen LogP contribution >= 0.6 is 0 Å². The molecule has 3 N–H and O–H groups in total. The van der Waals surface area contributed by atoms with Gasteiger partial charge in [-0.05, 0) is 41.3 Å². The highest BCUT2D eigenvalue weighted by Gasteiger charge is 2.08. The van der Waals surface area contributed by atoms with Crippen molar-refractivity contribution < 1.29 is 4.39 Å². The van der Waals surface area contributed by atoms with Crippen LogP contribution in [0.3, 0.4) is 0 Å². The van der Waals surface area contributed by atoms with Gasteiger partial charge in [0.2, 0.25) is 0 Å². The summed E-state index contributed by atoms with van der Waals surface area (Å²) in [4.78, 5) is 0. The number of nitrogens with two attached hydrogens (primary N) is 1. The third kappa shape index (κ3) is 3.12. The molecular weight excluding hydrogens is 239 g/mol. The first-order valence-electron chi connectivity index (χ1n) is 6.46. The van der Waals surface area contributed by atoms with E-state index < -0.39 is 0 Å². The number of para-hydroxylation sites is 1. The number of nitrogens with one attached hydrogen (secondary N) is 1. The molecular formula is C16H19FN2. The van der Waals surface area contributed by atoms with E-state index in [1.54, 1.807) is 6.07 Å². The summed E-state index contributed by atoms with van der Waals surface area (Å²) >= 11 is 0. The average Bonchev–Trinajstić information content (AvgIpc) is 2.41. The van der Waals surface area contributed by atoms with E-state index in [9.17, 15) is 4.39 Å². The van der Waals surface area contributed by atoms with Gasteiger partial charge in [-0.15, -0.1) is 0 Å². The molecule has 0 aliphatic heterocycles. The maximum Gasteiger partial charge on any atom is 0.123 e. The Kier molecular flexibility index (Phi) is 4.17. The summed E-state index contributed by atoms with van der Waals surface area (Å²) in [7, 11) is 0. The lowest BCUT2D eigenvalue weighted by molar-refractivity contribution is 0.626. The van der Waals surface area contributed by atoms with Crippen LogP contribution in [0, 0.1) is 5.82 Å². The molecule has 2 rings (SSSR count). The Morgan fingerprint density at radius 2 is 1.84 bits per heavy atom. The fraction of sp³-hybridized carbons (Fsp3) is 0.250. The lowest BCUT2D eigenvalue weighted by atomic mass is 10.0. The maximum atomic E-state index is 13.2. The standard InChI is InChI=1S/C16H19FN2/c1-11(2)14-5-3-4-6-16(14)19-15-8-7-13(17)9-12(15)10-18/h3-9,11,19H,10,18H2,1-2H3. The smallest absolute Gasteiger partial charge is 0.123 e. The summed E-state index contributed by atoms with van der Waals surface area (Å²) in [6.07, 6.45) is 0.